The van der Waals surface area contributed by atoms with E-state index in [4.69, 9.17) is 9.84 Å². The highest BCUT2D eigenvalue weighted by atomic mass is 16.5. The SMILES string of the molecule is COc1ccc(-n2ccc(C3C4CN(C(=O)O)C[C@H]43)n2)cn1. The lowest BCUT2D eigenvalue weighted by Gasteiger charge is -2.14. The van der Waals surface area contributed by atoms with Crippen LogP contribution in [0.4, 0.5) is 4.79 Å². The molecule has 1 amide bonds. The van der Waals surface area contributed by atoms with Crippen LogP contribution in [-0.4, -0.2) is 51.1 Å². The highest BCUT2D eigenvalue weighted by Crippen LogP contribution is 2.57. The second-order valence-corrected chi connectivity index (χ2v) is 5.78. The van der Waals surface area contributed by atoms with Crippen LogP contribution in [-0.2, 0) is 0 Å². The van der Waals surface area contributed by atoms with Crippen molar-refractivity contribution in [1.82, 2.24) is 19.7 Å². The molecule has 2 aromatic heterocycles. The molecule has 114 valence electrons. The highest BCUT2D eigenvalue weighted by molar-refractivity contribution is 5.66. The molecule has 7 heteroatoms. The summed E-state index contributed by atoms with van der Waals surface area (Å²) >= 11 is 0. The molecule has 1 N–H and O–H groups in total. The van der Waals surface area contributed by atoms with Gasteiger partial charge in [0.05, 0.1) is 24.7 Å². The Morgan fingerprint density at radius 1 is 1.32 bits per heavy atom. The summed E-state index contributed by atoms with van der Waals surface area (Å²) in [7, 11) is 1.58. The molecule has 0 bridgehead atoms. The number of aromatic nitrogens is 3. The number of likely N-dealkylation sites (tertiary alicyclic amines) is 1. The van der Waals surface area contributed by atoms with Gasteiger partial charge < -0.3 is 14.7 Å². The van der Waals surface area contributed by atoms with E-state index in [-0.39, 0.29) is 0 Å². The van der Waals surface area contributed by atoms with Gasteiger partial charge in [0, 0.05) is 31.3 Å². The van der Waals surface area contributed by atoms with Gasteiger partial charge in [-0.15, -0.1) is 0 Å². The number of carboxylic acid groups (broad SMARTS) is 1. The molecule has 0 aromatic carbocycles. The van der Waals surface area contributed by atoms with Crippen LogP contribution >= 0.6 is 0 Å². The standard InChI is InChI=1S/C15H16N4O3/c1-22-13-3-2-9(6-16-13)19-5-4-12(17-19)14-10-7-18(15(20)21)8-11(10)14/h2-6,10-11,14H,7-8H2,1H3,(H,20,21)/t10-,11?,14?/m1/s1. The zero-order valence-corrected chi connectivity index (χ0v) is 12.1. The molecule has 0 radical (unpaired) electrons. The van der Waals surface area contributed by atoms with Gasteiger partial charge >= 0.3 is 6.09 Å². The van der Waals surface area contributed by atoms with Crippen molar-refractivity contribution in [1.29, 1.82) is 0 Å². The van der Waals surface area contributed by atoms with E-state index in [2.05, 4.69) is 10.1 Å². The molecule has 1 aliphatic heterocycles. The Morgan fingerprint density at radius 3 is 2.68 bits per heavy atom. The Morgan fingerprint density at radius 2 is 2.09 bits per heavy atom. The number of rotatable bonds is 3. The van der Waals surface area contributed by atoms with Crippen LogP contribution < -0.4 is 4.74 Å². The Hall–Kier alpha value is -2.57. The summed E-state index contributed by atoms with van der Waals surface area (Å²) in [6.07, 6.45) is 2.82. The smallest absolute Gasteiger partial charge is 0.407 e. The van der Waals surface area contributed by atoms with Crippen LogP contribution in [0.5, 0.6) is 5.88 Å². The van der Waals surface area contributed by atoms with E-state index in [0.29, 0.717) is 36.7 Å². The second-order valence-electron chi connectivity index (χ2n) is 5.78. The zero-order valence-electron chi connectivity index (χ0n) is 12.1. The van der Waals surface area contributed by atoms with Crippen LogP contribution in [0.3, 0.4) is 0 Å². The van der Waals surface area contributed by atoms with E-state index in [1.165, 1.54) is 4.90 Å². The van der Waals surface area contributed by atoms with Gasteiger partial charge in [0.25, 0.3) is 0 Å². The summed E-state index contributed by atoms with van der Waals surface area (Å²) in [5.41, 5.74) is 1.92. The number of pyridine rings is 1. The molecule has 4 rings (SSSR count). The fraction of sp³-hybridized carbons (Fsp3) is 0.400. The Bertz CT molecular complexity index is 700. The Kier molecular flexibility index (Phi) is 2.82. The number of hydrogen-bond acceptors (Lipinski definition) is 4. The third-order valence-electron chi connectivity index (χ3n) is 4.61. The summed E-state index contributed by atoms with van der Waals surface area (Å²) in [6, 6.07) is 5.72. The average molecular weight is 300 g/mol. The number of ether oxygens (including phenoxy) is 1. The van der Waals surface area contributed by atoms with Gasteiger partial charge in [-0.3, -0.25) is 0 Å². The molecule has 2 fully saturated rings. The van der Waals surface area contributed by atoms with Gasteiger partial charge in [-0.05, 0) is 24.0 Å². The van der Waals surface area contributed by atoms with Crippen molar-refractivity contribution in [2.75, 3.05) is 20.2 Å². The first-order chi connectivity index (χ1) is 10.7. The van der Waals surface area contributed by atoms with Crippen molar-refractivity contribution in [2.45, 2.75) is 5.92 Å². The monoisotopic (exact) mass is 300 g/mol. The molecular weight excluding hydrogens is 284 g/mol. The van der Waals surface area contributed by atoms with Crippen LogP contribution in [0, 0.1) is 11.8 Å². The maximum absolute atomic E-state index is 10.9. The minimum atomic E-state index is -0.819. The fourth-order valence-corrected chi connectivity index (χ4v) is 3.41. The normalized spacial score (nSPS) is 25.9. The third kappa shape index (κ3) is 2.01. The fourth-order valence-electron chi connectivity index (χ4n) is 3.41. The first-order valence-electron chi connectivity index (χ1n) is 7.21. The molecule has 2 aromatic rings. The first-order valence-corrected chi connectivity index (χ1v) is 7.21. The summed E-state index contributed by atoms with van der Waals surface area (Å²) < 4.78 is 6.84. The lowest BCUT2D eigenvalue weighted by Crippen LogP contribution is -2.29. The third-order valence-corrected chi connectivity index (χ3v) is 4.61. The molecular formula is C15H16N4O3. The molecule has 1 saturated carbocycles. The number of piperidine rings is 1. The van der Waals surface area contributed by atoms with E-state index in [9.17, 15) is 4.79 Å². The molecule has 22 heavy (non-hydrogen) atoms. The van der Waals surface area contributed by atoms with Crippen molar-refractivity contribution < 1.29 is 14.6 Å². The summed E-state index contributed by atoms with van der Waals surface area (Å²) in [4.78, 5) is 16.6. The molecule has 7 nitrogen and oxygen atoms in total. The Balaban J connectivity index is 1.48. The van der Waals surface area contributed by atoms with E-state index >= 15 is 0 Å². The van der Waals surface area contributed by atoms with Crippen LogP contribution in [0.25, 0.3) is 5.69 Å². The predicted molar refractivity (Wildman–Crippen MR) is 77.2 cm³/mol. The van der Waals surface area contributed by atoms with Crippen molar-refractivity contribution in [3.8, 4) is 11.6 Å². The molecule has 1 aliphatic carbocycles. The lowest BCUT2D eigenvalue weighted by molar-refractivity contribution is 0.150. The van der Waals surface area contributed by atoms with E-state index in [1.807, 2.05) is 18.3 Å². The van der Waals surface area contributed by atoms with E-state index in [1.54, 1.807) is 24.1 Å². The van der Waals surface area contributed by atoms with Crippen LogP contribution in [0.15, 0.2) is 30.6 Å². The zero-order chi connectivity index (χ0) is 15.3. The highest BCUT2D eigenvalue weighted by Gasteiger charge is 2.58. The first kappa shape index (κ1) is 13.1. The van der Waals surface area contributed by atoms with Gasteiger partial charge in [0.2, 0.25) is 5.88 Å². The van der Waals surface area contributed by atoms with Gasteiger partial charge in [0.1, 0.15) is 0 Å². The maximum Gasteiger partial charge on any atom is 0.407 e. The molecule has 1 saturated heterocycles. The van der Waals surface area contributed by atoms with E-state index < -0.39 is 6.09 Å². The molecule has 0 spiro atoms. The maximum atomic E-state index is 10.9. The topological polar surface area (TPSA) is 80.5 Å². The molecule has 3 heterocycles. The number of methoxy groups -OCH3 is 1. The summed E-state index contributed by atoms with van der Waals surface area (Å²) in [5.74, 6) is 1.81. The van der Waals surface area contributed by atoms with Gasteiger partial charge in [-0.2, -0.15) is 5.10 Å². The summed E-state index contributed by atoms with van der Waals surface area (Å²) in [6.45, 7) is 1.25. The number of amides is 1. The van der Waals surface area contributed by atoms with Crippen molar-refractivity contribution in [3.63, 3.8) is 0 Å². The van der Waals surface area contributed by atoms with Gasteiger partial charge in [-0.1, -0.05) is 0 Å². The minimum absolute atomic E-state index is 0.392. The number of nitrogens with zero attached hydrogens (tertiary/aromatic N) is 4. The average Bonchev–Trinajstić information content (AvgIpc) is 2.95. The molecule has 3 atom stereocenters. The Labute approximate surface area is 127 Å². The largest absolute Gasteiger partial charge is 0.481 e. The molecule has 2 unspecified atom stereocenters. The van der Waals surface area contributed by atoms with Crippen molar-refractivity contribution >= 4 is 6.09 Å². The van der Waals surface area contributed by atoms with Gasteiger partial charge in [-0.25, -0.2) is 14.5 Å². The second kappa shape index (κ2) is 4.72. The van der Waals surface area contributed by atoms with E-state index in [0.717, 1.165) is 11.4 Å². The van der Waals surface area contributed by atoms with Crippen molar-refractivity contribution in [2.24, 2.45) is 11.8 Å². The van der Waals surface area contributed by atoms with Crippen molar-refractivity contribution in [3.05, 3.63) is 36.3 Å². The minimum Gasteiger partial charge on any atom is -0.481 e. The summed E-state index contributed by atoms with van der Waals surface area (Å²) in [5, 5.41) is 13.6. The quantitative estimate of drug-likeness (QED) is 0.931. The number of hydrogen-bond donors (Lipinski definition) is 1. The number of carbonyl (C=O) groups is 1. The number of fused-ring (bicyclic) bond motifs is 1. The van der Waals surface area contributed by atoms with Crippen LogP contribution in [0.2, 0.25) is 0 Å². The predicted octanol–water partition coefficient (Wildman–Crippen LogP) is 1.60. The van der Waals surface area contributed by atoms with Gasteiger partial charge in [0.15, 0.2) is 0 Å². The van der Waals surface area contributed by atoms with Crippen LogP contribution in [0.1, 0.15) is 11.6 Å². The molecule has 2 aliphatic rings. The lowest BCUT2D eigenvalue weighted by atomic mass is 10.2.